The summed E-state index contributed by atoms with van der Waals surface area (Å²) < 4.78 is 43.1. The number of nitrogens with two attached hydrogens (primary N) is 1. The van der Waals surface area contributed by atoms with Gasteiger partial charge in [-0.3, -0.25) is 14.8 Å². The van der Waals surface area contributed by atoms with Gasteiger partial charge in [-0.2, -0.15) is 0 Å². The molecule has 1 aliphatic rings. The van der Waals surface area contributed by atoms with E-state index in [1.54, 1.807) is 19.5 Å². The van der Waals surface area contributed by atoms with Crippen LogP contribution in [0.5, 0.6) is 0 Å². The second-order valence-electron chi connectivity index (χ2n) is 9.41. The third-order valence-electron chi connectivity index (χ3n) is 6.24. The Morgan fingerprint density at radius 1 is 1.08 bits per heavy atom. The van der Waals surface area contributed by atoms with Crippen molar-refractivity contribution in [2.24, 2.45) is 16.6 Å². The van der Waals surface area contributed by atoms with Gasteiger partial charge < -0.3 is 25.3 Å². The van der Waals surface area contributed by atoms with Gasteiger partial charge in [-0.05, 0) is 43.7 Å². The molecule has 1 saturated carbocycles. The normalized spacial score (nSPS) is 15.3. The molecule has 12 heteroatoms. The topological polar surface area (TPSA) is 138 Å². The molecule has 2 rings (SSSR count). The fourth-order valence-corrected chi connectivity index (χ4v) is 5.45. The maximum atomic E-state index is 13.0. The van der Waals surface area contributed by atoms with Crippen molar-refractivity contribution >= 4 is 21.7 Å². The van der Waals surface area contributed by atoms with E-state index in [1.807, 2.05) is 12.1 Å². The zero-order valence-corrected chi connectivity index (χ0v) is 23.7. The maximum Gasteiger partial charge on any atom is 0.236 e. The van der Waals surface area contributed by atoms with E-state index in [1.165, 1.54) is 19.3 Å². The molecule has 3 N–H and O–H groups in total. The molecule has 1 aromatic rings. The molecule has 218 valence electrons. The lowest BCUT2D eigenvalue weighted by atomic mass is 9.90. The van der Waals surface area contributed by atoms with Crippen LogP contribution in [0, 0.1) is 5.92 Å². The molecular formula is C26H47N5O6S. The van der Waals surface area contributed by atoms with Crippen LogP contribution < -0.4 is 11.1 Å². The van der Waals surface area contributed by atoms with Crippen LogP contribution in [0.3, 0.4) is 0 Å². The van der Waals surface area contributed by atoms with Crippen molar-refractivity contribution < 1.29 is 27.5 Å². The number of hydroxylamine groups is 1. The molecular weight excluding hydrogens is 510 g/mol. The summed E-state index contributed by atoms with van der Waals surface area (Å²) >= 11 is 0. The van der Waals surface area contributed by atoms with Crippen LogP contribution in [0.2, 0.25) is 0 Å². The van der Waals surface area contributed by atoms with Gasteiger partial charge in [0, 0.05) is 19.9 Å². The largest absolute Gasteiger partial charge is 0.382 e. The Balaban J connectivity index is 1.68. The van der Waals surface area contributed by atoms with E-state index >= 15 is 0 Å². The van der Waals surface area contributed by atoms with Crippen molar-refractivity contribution in [3.63, 3.8) is 0 Å². The Kier molecular flexibility index (Phi) is 17.2. The van der Waals surface area contributed by atoms with E-state index < -0.39 is 10.0 Å². The first-order chi connectivity index (χ1) is 18.5. The Bertz CT molecular complexity index is 853. The number of nitrogens with zero attached hydrogens (tertiary/aromatic N) is 3. The van der Waals surface area contributed by atoms with Crippen molar-refractivity contribution in [3.8, 4) is 0 Å². The molecule has 0 radical (unpaired) electrons. The highest BCUT2D eigenvalue weighted by Crippen LogP contribution is 2.24. The second-order valence-corrected chi connectivity index (χ2v) is 11.4. The Morgan fingerprint density at radius 2 is 1.82 bits per heavy atom. The highest BCUT2D eigenvalue weighted by Gasteiger charge is 2.24. The van der Waals surface area contributed by atoms with Crippen LogP contribution in [0.1, 0.15) is 57.8 Å². The number of hydrogen-bond donors (Lipinski definition) is 2. The number of nitrogens with one attached hydrogen (secondary N) is 1. The first kappa shape index (κ1) is 32.4. The smallest absolute Gasteiger partial charge is 0.236 e. The van der Waals surface area contributed by atoms with Gasteiger partial charge in [0.2, 0.25) is 10.0 Å². The summed E-state index contributed by atoms with van der Waals surface area (Å²) in [6, 6.07) is 3.68. The van der Waals surface area contributed by atoms with Crippen LogP contribution >= 0.6 is 0 Å². The van der Waals surface area contributed by atoms with Gasteiger partial charge in [0.25, 0.3) is 0 Å². The highest BCUT2D eigenvalue weighted by molar-refractivity contribution is 7.88. The number of unbranched alkanes of at least 4 members (excludes halogenated alkanes) is 3. The summed E-state index contributed by atoms with van der Waals surface area (Å²) in [6.07, 6.45) is 12.2. The van der Waals surface area contributed by atoms with Crippen molar-refractivity contribution in [2.45, 2.75) is 57.8 Å². The average Bonchev–Trinajstić information content (AvgIpc) is 2.92. The number of aliphatic imine (C=N–C) groups is 1. The van der Waals surface area contributed by atoms with E-state index in [2.05, 4.69) is 15.3 Å². The number of ether oxygens (including phenoxy) is 3. The highest BCUT2D eigenvalue weighted by atomic mass is 32.2. The predicted molar refractivity (Wildman–Crippen MR) is 149 cm³/mol. The quantitative estimate of drug-likeness (QED) is 0.101. The summed E-state index contributed by atoms with van der Waals surface area (Å²) in [7, 11) is -1.93. The third-order valence-corrected chi connectivity index (χ3v) is 7.95. The number of methoxy groups -OCH3 is 1. The molecule has 1 fully saturated rings. The molecule has 38 heavy (non-hydrogen) atoms. The van der Waals surface area contributed by atoms with Crippen molar-refractivity contribution in [1.29, 1.82) is 0 Å². The molecule has 0 bridgehead atoms. The van der Waals surface area contributed by atoms with Gasteiger partial charge in [-0.25, -0.2) is 8.42 Å². The molecule has 1 aliphatic carbocycles. The summed E-state index contributed by atoms with van der Waals surface area (Å²) in [4.78, 5) is 14.2. The number of aromatic nitrogens is 1. The molecule has 0 spiro atoms. The van der Waals surface area contributed by atoms with Gasteiger partial charge in [-0.15, -0.1) is 0 Å². The van der Waals surface area contributed by atoms with E-state index in [-0.39, 0.29) is 18.9 Å². The van der Waals surface area contributed by atoms with Crippen molar-refractivity contribution in [3.05, 3.63) is 24.5 Å². The number of guanidine groups is 1. The number of rotatable bonds is 21. The van der Waals surface area contributed by atoms with Gasteiger partial charge in [-0.1, -0.05) is 36.6 Å². The maximum absolute atomic E-state index is 13.0. The van der Waals surface area contributed by atoms with Gasteiger partial charge in [0.15, 0.2) is 5.96 Å². The van der Waals surface area contributed by atoms with Gasteiger partial charge >= 0.3 is 0 Å². The molecule has 0 unspecified atom stereocenters. The molecule has 0 aliphatic heterocycles. The molecule has 0 saturated heterocycles. The summed E-state index contributed by atoms with van der Waals surface area (Å²) in [5, 5.41) is 2.99. The van der Waals surface area contributed by atoms with Crippen molar-refractivity contribution in [1.82, 2.24) is 9.45 Å². The Labute approximate surface area is 228 Å². The van der Waals surface area contributed by atoms with Crippen LogP contribution in [0.25, 0.3) is 0 Å². The van der Waals surface area contributed by atoms with Gasteiger partial charge in [0.1, 0.15) is 0 Å². The summed E-state index contributed by atoms with van der Waals surface area (Å²) in [6.45, 7) is 3.31. The molecule has 1 aromatic heterocycles. The number of hydrogen-bond acceptors (Lipinski definition) is 8. The zero-order chi connectivity index (χ0) is 27.3. The first-order valence-electron chi connectivity index (χ1n) is 13.8. The van der Waals surface area contributed by atoms with Crippen LogP contribution in [-0.4, -0.2) is 89.4 Å². The number of anilines is 1. The fourth-order valence-electron chi connectivity index (χ4n) is 4.10. The molecule has 0 atom stereocenters. The minimum atomic E-state index is -3.55. The summed E-state index contributed by atoms with van der Waals surface area (Å²) in [5.41, 5.74) is 6.68. The Hall–Kier alpha value is -1.83. The minimum absolute atomic E-state index is 0.0474. The zero-order valence-electron chi connectivity index (χ0n) is 22.9. The minimum Gasteiger partial charge on any atom is -0.382 e. The first-order valence-corrected chi connectivity index (χ1v) is 15.4. The van der Waals surface area contributed by atoms with Crippen LogP contribution in [0.4, 0.5) is 5.69 Å². The molecule has 1 heterocycles. The van der Waals surface area contributed by atoms with Crippen LogP contribution in [-0.2, 0) is 29.1 Å². The van der Waals surface area contributed by atoms with E-state index in [4.69, 9.17) is 24.8 Å². The van der Waals surface area contributed by atoms with E-state index in [9.17, 15) is 8.42 Å². The standard InChI is InChI=1S/C26H47N5O6S/c1-34-17-18-36-20-19-35-16-15-31(37-23-24-10-5-4-6-11-24)38(32,33)21-8-3-2-7-14-29-26(27)30-25-12-9-13-28-22-25/h9,12-13,22,24H,2-8,10-11,14-21,23H2,1H3,(H3,27,29,30). The predicted octanol–water partition coefficient (Wildman–Crippen LogP) is 3.19. The number of pyridine rings is 1. The van der Waals surface area contributed by atoms with E-state index in [0.717, 1.165) is 42.3 Å². The third kappa shape index (κ3) is 14.9. The SMILES string of the molecule is COCCOCCOCCN(OCC1CCCCC1)S(=O)(=O)CCCCCCN=C(N)Nc1cccnc1. The molecule has 0 amide bonds. The molecule has 0 aromatic carbocycles. The Morgan fingerprint density at radius 3 is 2.55 bits per heavy atom. The van der Waals surface area contributed by atoms with E-state index in [0.29, 0.717) is 57.9 Å². The number of sulfonamides is 1. The van der Waals surface area contributed by atoms with Gasteiger partial charge in [0.05, 0.1) is 63.8 Å². The lowest BCUT2D eigenvalue weighted by Gasteiger charge is -2.26. The van der Waals surface area contributed by atoms with Crippen LogP contribution in [0.15, 0.2) is 29.5 Å². The summed E-state index contributed by atoms with van der Waals surface area (Å²) in [5.74, 6) is 0.804. The van der Waals surface area contributed by atoms with Crippen molar-refractivity contribution in [2.75, 3.05) is 70.9 Å². The lowest BCUT2D eigenvalue weighted by molar-refractivity contribution is -0.112. The second kappa shape index (κ2) is 20.1. The average molecular weight is 558 g/mol. The lowest BCUT2D eigenvalue weighted by Crippen LogP contribution is -2.37. The monoisotopic (exact) mass is 557 g/mol. The fraction of sp³-hybridized carbons (Fsp3) is 0.769. The molecule has 11 nitrogen and oxygen atoms in total.